The molecule has 1 saturated heterocycles. The number of fused-ring (bicyclic) bond motifs is 1. The van der Waals surface area contributed by atoms with Gasteiger partial charge in [0.25, 0.3) is 0 Å². The van der Waals surface area contributed by atoms with E-state index in [2.05, 4.69) is 15.5 Å². The maximum absolute atomic E-state index is 12.7. The maximum Gasteiger partial charge on any atom is 0.234 e. The Morgan fingerprint density at radius 2 is 1.94 bits per heavy atom. The van der Waals surface area contributed by atoms with Gasteiger partial charge < -0.3 is 24.3 Å². The van der Waals surface area contributed by atoms with E-state index in [4.69, 9.17) is 18.9 Å². The highest BCUT2D eigenvalue weighted by Crippen LogP contribution is 2.33. The normalized spacial score (nSPS) is 16.9. The van der Waals surface area contributed by atoms with Gasteiger partial charge >= 0.3 is 0 Å². The van der Waals surface area contributed by atoms with Gasteiger partial charge in [0, 0.05) is 23.9 Å². The van der Waals surface area contributed by atoms with Gasteiger partial charge in [-0.05, 0) is 49.2 Å². The van der Waals surface area contributed by atoms with Gasteiger partial charge in [0.2, 0.25) is 5.91 Å². The van der Waals surface area contributed by atoms with Crippen molar-refractivity contribution in [1.29, 1.82) is 0 Å². The van der Waals surface area contributed by atoms with Crippen LogP contribution in [0.3, 0.4) is 0 Å². The molecule has 2 aliphatic rings. The minimum atomic E-state index is -0.139. The Morgan fingerprint density at radius 3 is 2.71 bits per heavy atom. The van der Waals surface area contributed by atoms with Crippen molar-refractivity contribution in [3.8, 4) is 28.6 Å². The molecule has 2 aliphatic heterocycles. The van der Waals surface area contributed by atoms with Gasteiger partial charge in [-0.25, -0.2) is 0 Å². The monoisotopic (exact) mass is 482 g/mol. The van der Waals surface area contributed by atoms with E-state index in [1.54, 1.807) is 25.3 Å². The number of nitrogens with one attached hydrogen (secondary N) is 1. The molecule has 0 spiro atoms. The van der Waals surface area contributed by atoms with Crippen LogP contribution in [0.4, 0.5) is 5.69 Å². The zero-order valence-electron chi connectivity index (χ0n) is 18.9. The number of thioether (sulfide) groups is 1. The molecule has 34 heavy (non-hydrogen) atoms. The second-order valence-electron chi connectivity index (χ2n) is 7.98. The number of methoxy groups -OCH3 is 1. The molecule has 178 valence electrons. The average molecular weight is 483 g/mol. The number of amides is 1. The summed E-state index contributed by atoms with van der Waals surface area (Å²) in [4.78, 5) is 12.7. The molecule has 5 rings (SSSR count). The van der Waals surface area contributed by atoms with Crippen LogP contribution in [0.5, 0.6) is 17.2 Å². The van der Waals surface area contributed by atoms with Crippen molar-refractivity contribution < 1.29 is 23.7 Å². The molecule has 9 nitrogen and oxygen atoms in total. The fourth-order valence-corrected chi connectivity index (χ4v) is 4.70. The Hall–Kier alpha value is -3.24. The van der Waals surface area contributed by atoms with Crippen LogP contribution in [0.1, 0.15) is 12.8 Å². The first kappa shape index (κ1) is 22.5. The third-order valence-electron chi connectivity index (χ3n) is 5.63. The molecule has 0 saturated carbocycles. The van der Waals surface area contributed by atoms with Crippen LogP contribution in [0.2, 0.25) is 0 Å². The van der Waals surface area contributed by atoms with E-state index >= 15 is 0 Å². The third kappa shape index (κ3) is 5.13. The smallest absolute Gasteiger partial charge is 0.234 e. The number of anilines is 1. The summed E-state index contributed by atoms with van der Waals surface area (Å²) in [6.07, 6.45) is 2.15. The number of rotatable bonds is 8. The van der Waals surface area contributed by atoms with Crippen LogP contribution in [0, 0.1) is 0 Å². The van der Waals surface area contributed by atoms with Crippen molar-refractivity contribution in [2.45, 2.75) is 30.6 Å². The molecule has 0 unspecified atom stereocenters. The Kier molecular flexibility index (Phi) is 6.87. The highest BCUT2D eigenvalue weighted by Gasteiger charge is 2.22. The lowest BCUT2D eigenvalue weighted by molar-refractivity contribution is -0.113. The number of hydrogen-bond acceptors (Lipinski definition) is 8. The lowest BCUT2D eigenvalue weighted by Crippen LogP contribution is -2.18. The molecule has 2 aromatic carbocycles. The van der Waals surface area contributed by atoms with Gasteiger partial charge in [0.15, 0.2) is 22.5 Å². The molecule has 0 radical (unpaired) electrons. The molecular weight excluding hydrogens is 456 g/mol. The van der Waals surface area contributed by atoms with Crippen molar-refractivity contribution >= 4 is 23.4 Å². The van der Waals surface area contributed by atoms with E-state index in [0.717, 1.165) is 36.6 Å². The summed E-state index contributed by atoms with van der Waals surface area (Å²) in [5.74, 6) is 2.90. The van der Waals surface area contributed by atoms with E-state index in [-0.39, 0.29) is 17.8 Å². The number of ether oxygens (including phenoxy) is 4. The van der Waals surface area contributed by atoms with Gasteiger partial charge in [-0.2, -0.15) is 0 Å². The van der Waals surface area contributed by atoms with Crippen molar-refractivity contribution in [3.63, 3.8) is 0 Å². The summed E-state index contributed by atoms with van der Waals surface area (Å²) in [5, 5.41) is 12.4. The molecule has 1 amide bonds. The standard InChI is InChI=1S/C24H26N4O5S/c1-30-18-7-4-16(5-8-18)23-26-27-24(28(23)14-19-3-2-10-31-19)34-15-22(29)25-17-6-9-20-21(13-17)33-12-11-32-20/h4-9,13,19H,2-3,10-12,14-15H2,1H3,(H,25,29)/t19-/m1/s1. The minimum absolute atomic E-state index is 0.110. The summed E-state index contributed by atoms with van der Waals surface area (Å²) in [5.41, 5.74) is 1.59. The molecule has 0 aliphatic carbocycles. The van der Waals surface area contributed by atoms with Gasteiger partial charge in [0.05, 0.1) is 25.5 Å². The van der Waals surface area contributed by atoms with Gasteiger partial charge in [-0.15, -0.1) is 10.2 Å². The van der Waals surface area contributed by atoms with Gasteiger partial charge in [0.1, 0.15) is 19.0 Å². The van der Waals surface area contributed by atoms with Crippen molar-refractivity contribution in [2.24, 2.45) is 0 Å². The van der Waals surface area contributed by atoms with Crippen LogP contribution < -0.4 is 19.5 Å². The highest BCUT2D eigenvalue weighted by molar-refractivity contribution is 7.99. The lowest BCUT2D eigenvalue weighted by atomic mass is 10.2. The lowest BCUT2D eigenvalue weighted by Gasteiger charge is -2.19. The molecule has 3 heterocycles. The van der Waals surface area contributed by atoms with Crippen molar-refractivity contribution in [1.82, 2.24) is 14.8 Å². The fraction of sp³-hybridized carbons (Fsp3) is 0.375. The predicted molar refractivity (Wildman–Crippen MR) is 128 cm³/mol. The molecule has 3 aromatic rings. The summed E-state index contributed by atoms with van der Waals surface area (Å²) >= 11 is 1.35. The quantitative estimate of drug-likeness (QED) is 0.486. The topological polar surface area (TPSA) is 96.7 Å². The van der Waals surface area contributed by atoms with Crippen molar-refractivity contribution in [2.75, 3.05) is 38.0 Å². The van der Waals surface area contributed by atoms with Crippen LogP contribution in [-0.4, -0.2) is 59.5 Å². The molecule has 0 bridgehead atoms. The highest BCUT2D eigenvalue weighted by atomic mass is 32.2. The first-order valence-corrected chi connectivity index (χ1v) is 12.2. The van der Waals surface area contributed by atoms with E-state index in [9.17, 15) is 4.79 Å². The Labute approximate surface area is 201 Å². The molecular formula is C24H26N4O5S. The number of hydrogen-bond donors (Lipinski definition) is 1. The van der Waals surface area contributed by atoms with E-state index < -0.39 is 0 Å². The zero-order chi connectivity index (χ0) is 23.3. The number of benzene rings is 2. The molecule has 1 aromatic heterocycles. The van der Waals surface area contributed by atoms with Crippen LogP contribution in [-0.2, 0) is 16.1 Å². The summed E-state index contributed by atoms with van der Waals surface area (Å²) in [6, 6.07) is 13.1. The second-order valence-corrected chi connectivity index (χ2v) is 8.92. The maximum atomic E-state index is 12.7. The first-order chi connectivity index (χ1) is 16.7. The van der Waals surface area contributed by atoms with Crippen LogP contribution in [0.25, 0.3) is 11.4 Å². The largest absolute Gasteiger partial charge is 0.497 e. The number of aromatic nitrogens is 3. The third-order valence-corrected chi connectivity index (χ3v) is 6.60. The summed E-state index contributed by atoms with van der Waals surface area (Å²) in [6.45, 7) is 2.43. The van der Waals surface area contributed by atoms with E-state index in [1.807, 2.05) is 28.8 Å². The fourth-order valence-electron chi connectivity index (χ4n) is 3.95. The molecule has 10 heteroatoms. The number of carbonyl (C=O) groups is 1. The van der Waals surface area contributed by atoms with Gasteiger partial charge in [-0.3, -0.25) is 9.36 Å². The number of nitrogens with zero attached hydrogens (tertiary/aromatic N) is 3. The SMILES string of the molecule is COc1ccc(-c2nnc(SCC(=O)Nc3ccc4c(c3)OCCO4)n2C[C@H]2CCCO2)cc1. The predicted octanol–water partition coefficient (Wildman–Crippen LogP) is 3.63. The summed E-state index contributed by atoms with van der Waals surface area (Å²) in [7, 11) is 1.64. The van der Waals surface area contributed by atoms with E-state index in [1.165, 1.54) is 11.8 Å². The second kappa shape index (κ2) is 10.4. The molecule has 1 fully saturated rings. The Morgan fingerprint density at radius 1 is 1.12 bits per heavy atom. The Bertz CT molecular complexity index is 1140. The van der Waals surface area contributed by atoms with E-state index in [0.29, 0.717) is 42.1 Å². The molecule has 1 N–H and O–H groups in total. The molecule has 1 atom stereocenters. The Balaban J connectivity index is 1.29. The minimum Gasteiger partial charge on any atom is -0.497 e. The first-order valence-electron chi connectivity index (χ1n) is 11.2. The van der Waals surface area contributed by atoms with Crippen molar-refractivity contribution in [3.05, 3.63) is 42.5 Å². The van der Waals surface area contributed by atoms with Gasteiger partial charge in [-0.1, -0.05) is 11.8 Å². The zero-order valence-corrected chi connectivity index (χ0v) is 19.7. The summed E-state index contributed by atoms with van der Waals surface area (Å²) < 4.78 is 24.3. The average Bonchev–Trinajstić information content (AvgIpc) is 3.53. The van der Waals surface area contributed by atoms with Crippen LogP contribution >= 0.6 is 11.8 Å². The van der Waals surface area contributed by atoms with Crippen LogP contribution in [0.15, 0.2) is 47.6 Å². The number of carbonyl (C=O) groups excluding carboxylic acids is 1.